The number of nitrogens with zero attached hydrogens (tertiary/aromatic N) is 2. The summed E-state index contributed by atoms with van der Waals surface area (Å²) >= 11 is 10.3. The standard InChI is InChI=1S/C11H13Br2N3S2/c1-6(2)4-14-5-9-15-16-11(18-9)7-3-8(12)17-10(7)13/h3,6,14H,4-5H2,1-2H3. The molecule has 3 nitrogen and oxygen atoms in total. The topological polar surface area (TPSA) is 37.8 Å². The van der Waals surface area contributed by atoms with Crippen LogP contribution in [-0.4, -0.2) is 16.7 Å². The van der Waals surface area contributed by atoms with Crippen molar-refractivity contribution < 1.29 is 0 Å². The smallest absolute Gasteiger partial charge is 0.149 e. The maximum Gasteiger partial charge on any atom is 0.149 e. The largest absolute Gasteiger partial charge is 0.310 e. The van der Waals surface area contributed by atoms with Gasteiger partial charge in [0.05, 0.1) is 7.57 Å². The van der Waals surface area contributed by atoms with Crippen LogP contribution in [0.15, 0.2) is 13.6 Å². The molecule has 0 aliphatic rings. The number of aromatic nitrogens is 2. The van der Waals surface area contributed by atoms with E-state index in [4.69, 9.17) is 0 Å². The molecule has 0 unspecified atom stereocenters. The first-order valence-corrected chi connectivity index (χ1v) is 8.76. The second kappa shape index (κ2) is 6.56. The Morgan fingerprint density at radius 3 is 2.67 bits per heavy atom. The molecule has 0 atom stereocenters. The Morgan fingerprint density at radius 1 is 1.28 bits per heavy atom. The average molecular weight is 411 g/mol. The first-order chi connectivity index (χ1) is 8.56. The van der Waals surface area contributed by atoms with Gasteiger partial charge in [0.25, 0.3) is 0 Å². The van der Waals surface area contributed by atoms with Gasteiger partial charge in [-0.05, 0) is 50.4 Å². The molecule has 7 heteroatoms. The zero-order valence-electron chi connectivity index (χ0n) is 10.0. The van der Waals surface area contributed by atoms with Crippen LogP contribution in [0, 0.1) is 5.92 Å². The maximum atomic E-state index is 4.24. The third-order valence-corrected chi connectivity index (χ3v) is 5.48. The van der Waals surface area contributed by atoms with E-state index in [0.717, 1.165) is 36.2 Å². The van der Waals surface area contributed by atoms with Crippen LogP contribution in [0.4, 0.5) is 0 Å². The fourth-order valence-corrected chi connectivity index (χ4v) is 5.22. The lowest BCUT2D eigenvalue weighted by molar-refractivity contribution is 0.550. The summed E-state index contributed by atoms with van der Waals surface area (Å²) in [6.07, 6.45) is 0. The Labute approximate surface area is 131 Å². The summed E-state index contributed by atoms with van der Waals surface area (Å²) in [5.41, 5.74) is 1.11. The van der Waals surface area contributed by atoms with E-state index >= 15 is 0 Å². The Morgan fingerprint density at radius 2 is 2.06 bits per heavy atom. The van der Waals surface area contributed by atoms with Crippen molar-refractivity contribution >= 4 is 54.5 Å². The summed E-state index contributed by atoms with van der Waals surface area (Å²) in [5, 5.41) is 13.8. The van der Waals surface area contributed by atoms with E-state index in [9.17, 15) is 0 Å². The van der Waals surface area contributed by atoms with Gasteiger partial charge in [0, 0.05) is 12.1 Å². The molecule has 0 aliphatic carbocycles. The quantitative estimate of drug-likeness (QED) is 0.786. The number of nitrogens with one attached hydrogen (secondary N) is 1. The van der Waals surface area contributed by atoms with Crippen molar-refractivity contribution in [2.45, 2.75) is 20.4 Å². The summed E-state index contributed by atoms with van der Waals surface area (Å²) in [6.45, 7) is 6.18. The molecule has 18 heavy (non-hydrogen) atoms. The highest BCUT2D eigenvalue weighted by Crippen LogP contribution is 2.39. The van der Waals surface area contributed by atoms with Gasteiger partial charge in [0.2, 0.25) is 0 Å². The molecule has 2 aromatic rings. The van der Waals surface area contributed by atoms with Crippen molar-refractivity contribution in [2.75, 3.05) is 6.54 Å². The Hall–Kier alpha value is 0.180. The molecule has 0 fully saturated rings. The minimum absolute atomic E-state index is 0.652. The maximum absolute atomic E-state index is 4.24. The Balaban J connectivity index is 2.04. The van der Waals surface area contributed by atoms with E-state index < -0.39 is 0 Å². The third-order valence-electron chi connectivity index (χ3n) is 2.18. The Kier molecular flexibility index (Phi) is 5.32. The van der Waals surface area contributed by atoms with Crippen molar-refractivity contribution in [3.05, 3.63) is 18.6 Å². The first-order valence-electron chi connectivity index (χ1n) is 5.54. The molecule has 0 aliphatic heterocycles. The number of hydrogen-bond donors (Lipinski definition) is 1. The van der Waals surface area contributed by atoms with E-state index in [1.807, 2.05) is 0 Å². The van der Waals surface area contributed by atoms with Gasteiger partial charge in [0.15, 0.2) is 0 Å². The van der Waals surface area contributed by atoms with Crippen LogP contribution in [0.1, 0.15) is 18.9 Å². The van der Waals surface area contributed by atoms with E-state index in [-0.39, 0.29) is 0 Å². The van der Waals surface area contributed by atoms with Gasteiger partial charge in [-0.1, -0.05) is 25.2 Å². The van der Waals surface area contributed by atoms with Crippen LogP contribution in [0.2, 0.25) is 0 Å². The lowest BCUT2D eigenvalue weighted by atomic mass is 10.2. The van der Waals surface area contributed by atoms with E-state index in [0.29, 0.717) is 5.92 Å². The van der Waals surface area contributed by atoms with Crippen molar-refractivity contribution in [1.29, 1.82) is 0 Å². The van der Waals surface area contributed by atoms with Crippen LogP contribution in [0.25, 0.3) is 10.6 Å². The fourth-order valence-electron chi connectivity index (χ4n) is 1.39. The predicted molar refractivity (Wildman–Crippen MR) is 85.2 cm³/mol. The number of thiophene rings is 1. The summed E-state index contributed by atoms with van der Waals surface area (Å²) in [7, 11) is 0. The van der Waals surface area contributed by atoms with Crippen LogP contribution < -0.4 is 5.32 Å². The number of rotatable bonds is 5. The van der Waals surface area contributed by atoms with Gasteiger partial charge in [0.1, 0.15) is 10.0 Å². The van der Waals surface area contributed by atoms with Gasteiger partial charge < -0.3 is 5.32 Å². The van der Waals surface area contributed by atoms with Gasteiger partial charge in [-0.15, -0.1) is 21.5 Å². The highest BCUT2D eigenvalue weighted by molar-refractivity contribution is 9.12. The summed E-state index contributed by atoms with van der Waals surface area (Å²) in [6, 6.07) is 2.07. The fraction of sp³-hybridized carbons (Fsp3) is 0.455. The monoisotopic (exact) mass is 409 g/mol. The van der Waals surface area contributed by atoms with Crippen LogP contribution >= 0.6 is 54.5 Å². The lowest BCUT2D eigenvalue weighted by Crippen LogP contribution is -2.18. The molecule has 0 saturated heterocycles. The molecular formula is C11H13Br2N3S2. The predicted octanol–water partition coefficient (Wildman–Crippen LogP) is 4.54. The van der Waals surface area contributed by atoms with Crippen LogP contribution in [-0.2, 0) is 6.54 Å². The highest BCUT2D eigenvalue weighted by Gasteiger charge is 2.12. The zero-order chi connectivity index (χ0) is 13.1. The van der Waals surface area contributed by atoms with E-state index in [1.54, 1.807) is 22.7 Å². The number of halogens is 2. The number of hydrogen-bond acceptors (Lipinski definition) is 5. The molecular weight excluding hydrogens is 398 g/mol. The van der Waals surface area contributed by atoms with Crippen molar-refractivity contribution in [1.82, 2.24) is 15.5 Å². The second-order valence-corrected chi connectivity index (χ2v) is 9.07. The summed E-state index contributed by atoms with van der Waals surface area (Å²) < 4.78 is 2.19. The molecule has 0 amide bonds. The van der Waals surface area contributed by atoms with Crippen molar-refractivity contribution in [3.8, 4) is 10.6 Å². The second-order valence-electron chi connectivity index (χ2n) is 4.26. The van der Waals surface area contributed by atoms with Crippen LogP contribution in [0.3, 0.4) is 0 Å². The molecule has 0 spiro atoms. The minimum Gasteiger partial charge on any atom is -0.310 e. The highest BCUT2D eigenvalue weighted by atomic mass is 79.9. The SMILES string of the molecule is CC(C)CNCc1nnc(-c2cc(Br)sc2Br)s1. The Bertz CT molecular complexity index is 522. The van der Waals surface area contributed by atoms with Crippen LogP contribution in [0.5, 0.6) is 0 Å². The average Bonchev–Trinajstić information content (AvgIpc) is 2.85. The van der Waals surface area contributed by atoms with Gasteiger partial charge in [-0.3, -0.25) is 0 Å². The van der Waals surface area contributed by atoms with Gasteiger partial charge in [-0.2, -0.15) is 0 Å². The van der Waals surface area contributed by atoms with Crippen molar-refractivity contribution in [3.63, 3.8) is 0 Å². The molecule has 0 bridgehead atoms. The van der Waals surface area contributed by atoms with E-state index in [2.05, 4.69) is 67.3 Å². The van der Waals surface area contributed by atoms with Gasteiger partial charge >= 0.3 is 0 Å². The summed E-state index contributed by atoms with van der Waals surface area (Å²) in [4.78, 5) is 0. The molecule has 2 heterocycles. The molecule has 98 valence electrons. The zero-order valence-corrected chi connectivity index (χ0v) is 14.8. The molecule has 1 N–H and O–H groups in total. The van der Waals surface area contributed by atoms with E-state index in [1.165, 1.54) is 0 Å². The molecule has 0 radical (unpaired) electrons. The molecule has 0 aromatic carbocycles. The first kappa shape index (κ1) is 14.6. The lowest BCUT2D eigenvalue weighted by Gasteiger charge is -2.03. The molecule has 2 aromatic heterocycles. The van der Waals surface area contributed by atoms with Gasteiger partial charge in [-0.25, -0.2) is 0 Å². The molecule has 2 rings (SSSR count). The normalized spacial score (nSPS) is 11.4. The minimum atomic E-state index is 0.652. The summed E-state index contributed by atoms with van der Waals surface area (Å²) in [5.74, 6) is 0.652. The van der Waals surface area contributed by atoms with Crippen molar-refractivity contribution in [2.24, 2.45) is 5.92 Å². The molecule has 0 saturated carbocycles. The third kappa shape index (κ3) is 3.84.